The van der Waals surface area contributed by atoms with Crippen LogP contribution in [0.5, 0.6) is 0 Å². The van der Waals surface area contributed by atoms with Crippen molar-refractivity contribution < 1.29 is 41.3 Å². The van der Waals surface area contributed by atoms with Crippen molar-refractivity contribution in [3.63, 3.8) is 0 Å². The summed E-state index contributed by atoms with van der Waals surface area (Å²) in [6.07, 6.45) is 2.98. The van der Waals surface area contributed by atoms with Crippen LogP contribution in [0, 0.1) is 11.3 Å². The monoisotopic (exact) mass is 574 g/mol. The van der Waals surface area contributed by atoms with Crippen LogP contribution >= 0.6 is 11.8 Å². The van der Waals surface area contributed by atoms with Crippen molar-refractivity contribution in [2.75, 3.05) is 51.7 Å². The molecule has 1 rings (SSSR count). The molecule has 0 radical (unpaired) electrons. The maximum absolute atomic E-state index is 12.7. The van der Waals surface area contributed by atoms with Gasteiger partial charge in [0.15, 0.2) is 0 Å². The standard InChI is InChI=1S/C22H46N2O9S2Si/c1-21(2,16-35(28,29)30)24-20(27)22(3,14-25)15-34-11-10-23-18-8-7-17(13-19(18)26)9-12-36(31-4,32-5)33-6/h17-19,23,25-26H,7-16H2,1-6H3,(H,24,27)(H,28,29,30). The summed E-state index contributed by atoms with van der Waals surface area (Å²) in [6, 6.07) is 0.720. The SMILES string of the molecule is CO[Si](CCC1CCC(NCCSCC(C)(CO)C(=O)NC(C)(C)CS(=O)(=O)O)C(O)C1)(OC)OC. The van der Waals surface area contributed by atoms with Gasteiger partial charge in [0.25, 0.3) is 10.1 Å². The lowest BCUT2D eigenvalue weighted by Crippen LogP contribution is -2.54. The smallest absolute Gasteiger partial charge is 0.395 e. The van der Waals surface area contributed by atoms with Gasteiger partial charge < -0.3 is 34.1 Å². The molecular formula is C22H46N2O9S2Si. The van der Waals surface area contributed by atoms with E-state index in [0.29, 0.717) is 36.4 Å². The molecular weight excluding hydrogens is 528 g/mol. The Morgan fingerprint density at radius 3 is 2.25 bits per heavy atom. The van der Waals surface area contributed by atoms with Crippen molar-refractivity contribution in [2.24, 2.45) is 11.3 Å². The lowest BCUT2D eigenvalue weighted by Gasteiger charge is -2.35. The third-order valence-corrected chi connectivity index (χ3v) is 11.9. The summed E-state index contributed by atoms with van der Waals surface area (Å²) < 4.78 is 47.9. The van der Waals surface area contributed by atoms with Crippen molar-refractivity contribution >= 4 is 36.6 Å². The van der Waals surface area contributed by atoms with Gasteiger partial charge in [-0.1, -0.05) is 0 Å². The Balaban J connectivity index is 2.42. The van der Waals surface area contributed by atoms with E-state index in [1.54, 1.807) is 28.3 Å². The molecule has 36 heavy (non-hydrogen) atoms. The van der Waals surface area contributed by atoms with E-state index in [2.05, 4.69) is 10.6 Å². The van der Waals surface area contributed by atoms with Crippen molar-refractivity contribution in [2.45, 2.75) is 70.2 Å². The number of amides is 1. The van der Waals surface area contributed by atoms with Crippen LogP contribution in [-0.2, 0) is 28.2 Å². The first-order valence-electron chi connectivity index (χ1n) is 12.2. The molecule has 1 amide bonds. The number of thioether (sulfide) groups is 1. The quantitative estimate of drug-likeness (QED) is 0.0952. The molecule has 4 atom stereocenters. The van der Waals surface area contributed by atoms with Crippen LogP contribution in [0.3, 0.4) is 0 Å². The average Bonchev–Trinajstić information content (AvgIpc) is 2.79. The molecule has 14 heteroatoms. The zero-order valence-corrected chi connectivity index (χ0v) is 25.0. The molecule has 1 aliphatic rings. The van der Waals surface area contributed by atoms with Gasteiger partial charge in [-0.2, -0.15) is 20.2 Å². The Kier molecular flexibility index (Phi) is 13.8. The second-order valence-corrected chi connectivity index (χ2v) is 16.1. The van der Waals surface area contributed by atoms with E-state index in [1.165, 1.54) is 25.6 Å². The highest BCUT2D eigenvalue weighted by molar-refractivity contribution is 7.99. The van der Waals surface area contributed by atoms with Gasteiger partial charge in [0.1, 0.15) is 0 Å². The zero-order chi connectivity index (χ0) is 27.6. The van der Waals surface area contributed by atoms with Crippen molar-refractivity contribution in [1.29, 1.82) is 0 Å². The van der Waals surface area contributed by atoms with Crippen molar-refractivity contribution in [1.82, 2.24) is 10.6 Å². The second kappa shape index (κ2) is 14.7. The minimum atomic E-state index is -4.26. The molecule has 0 saturated heterocycles. The number of hydrogen-bond acceptors (Lipinski definition) is 10. The number of aliphatic hydroxyl groups is 2. The first kappa shape index (κ1) is 33.7. The topological polar surface area (TPSA) is 164 Å². The summed E-state index contributed by atoms with van der Waals surface area (Å²) in [4.78, 5) is 12.7. The van der Waals surface area contributed by atoms with Crippen LogP contribution in [-0.4, -0.2) is 107 Å². The Morgan fingerprint density at radius 1 is 1.14 bits per heavy atom. The Bertz CT molecular complexity index is 775. The molecule has 11 nitrogen and oxygen atoms in total. The number of aliphatic hydroxyl groups excluding tert-OH is 2. The summed E-state index contributed by atoms with van der Waals surface area (Å²) in [5.41, 5.74) is -2.29. The van der Waals surface area contributed by atoms with Crippen LogP contribution in [0.2, 0.25) is 6.04 Å². The number of carbonyl (C=O) groups excluding carboxylic acids is 1. The molecule has 0 aromatic rings. The molecule has 0 bridgehead atoms. The third kappa shape index (κ3) is 11.2. The van der Waals surface area contributed by atoms with E-state index in [4.69, 9.17) is 17.8 Å². The lowest BCUT2D eigenvalue weighted by molar-refractivity contribution is -0.132. The fourth-order valence-corrected chi connectivity index (χ4v) is 8.35. The summed E-state index contributed by atoms with van der Waals surface area (Å²) in [5, 5.41) is 26.5. The molecule has 0 heterocycles. The first-order valence-corrected chi connectivity index (χ1v) is 16.9. The van der Waals surface area contributed by atoms with E-state index in [1.807, 2.05) is 0 Å². The Morgan fingerprint density at radius 2 is 1.75 bits per heavy atom. The molecule has 0 aliphatic heterocycles. The summed E-state index contributed by atoms with van der Waals surface area (Å²) >= 11 is 1.49. The normalized spacial score (nSPS) is 23.3. The maximum atomic E-state index is 12.7. The molecule has 1 saturated carbocycles. The summed E-state index contributed by atoms with van der Waals surface area (Å²) in [6.45, 7) is 4.85. The van der Waals surface area contributed by atoms with E-state index in [9.17, 15) is 23.4 Å². The van der Waals surface area contributed by atoms with Crippen LogP contribution in [0.25, 0.3) is 0 Å². The highest BCUT2D eigenvalue weighted by atomic mass is 32.2. The fraction of sp³-hybridized carbons (Fsp3) is 0.955. The number of hydrogen-bond donors (Lipinski definition) is 5. The zero-order valence-electron chi connectivity index (χ0n) is 22.4. The number of rotatable bonds is 17. The van der Waals surface area contributed by atoms with Crippen molar-refractivity contribution in [3.8, 4) is 0 Å². The number of nitrogens with one attached hydrogen (secondary N) is 2. The van der Waals surface area contributed by atoms with E-state index in [-0.39, 0.29) is 6.04 Å². The van der Waals surface area contributed by atoms with Gasteiger partial charge in [0.05, 0.1) is 29.4 Å². The van der Waals surface area contributed by atoms with Gasteiger partial charge >= 0.3 is 8.80 Å². The summed E-state index contributed by atoms with van der Waals surface area (Å²) in [5.74, 6) is 0.290. The van der Waals surface area contributed by atoms with Crippen molar-refractivity contribution in [3.05, 3.63) is 0 Å². The van der Waals surface area contributed by atoms with Crippen LogP contribution in [0.15, 0.2) is 0 Å². The third-order valence-electron chi connectivity index (χ3n) is 6.68. The maximum Gasteiger partial charge on any atom is 0.500 e. The molecule has 0 aromatic carbocycles. The van der Waals surface area contributed by atoms with Crippen LogP contribution < -0.4 is 10.6 Å². The Hall–Kier alpha value is -0.293. The van der Waals surface area contributed by atoms with Gasteiger partial charge in [-0.3, -0.25) is 9.35 Å². The minimum Gasteiger partial charge on any atom is -0.395 e. The average molecular weight is 575 g/mol. The predicted molar refractivity (Wildman–Crippen MR) is 142 cm³/mol. The van der Waals surface area contributed by atoms with E-state index >= 15 is 0 Å². The van der Waals surface area contributed by atoms with Gasteiger partial charge in [-0.15, -0.1) is 0 Å². The molecule has 1 aliphatic carbocycles. The summed E-state index contributed by atoms with van der Waals surface area (Å²) in [7, 11) is -2.06. The highest BCUT2D eigenvalue weighted by Gasteiger charge is 2.40. The van der Waals surface area contributed by atoms with Gasteiger partial charge in [-0.25, -0.2) is 0 Å². The predicted octanol–water partition coefficient (Wildman–Crippen LogP) is 0.888. The van der Waals surface area contributed by atoms with Crippen LogP contribution in [0.1, 0.15) is 46.5 Å². The van der Waals surface area contributed by atoms with Crippen LogP contribution in [0.4, 0.5) is 0 Å². The number of carbonyl (C=O) groups is 1. The molecule has 4 unspecified atom stereocenters. The molecule has 0 spiro atoms. The lowest BCUT2D eigenvalue weighted by atomic mass is 9.82. The highest BCUT2D eigenvalue weighted by Crippen LogP contribution is 2.31. The molecule has 5 N–H and O–H groups in total. The molecule has 1 fully saturated rings. The van der Waals surface area contributed by atoms with E-state index in [0.717, 1.165) is 19.3 Å². The fourth-order valence-electron chi connectivity index (χ4n) is 4.42. The molecule has 214 valence electrons. The van der Waals surface area contributed by atoms with Gasteiger partial charge in [0.2, 0.25) is 5.91 Å². The minimum absolute atomic E-state index is 0.00452. The second-order valence-electron chi connectivity index (χ2n) is 10.5. The van der Waals surface area contributed by atoms with E-state index < -0.39 is 54.2 Å². The Labute approximate surface area is 221 Å². The molecule has 0 aromatic heterocycles. The van der Waals surface area contributed by atoms with Gasteiger partial charge in [0, 0.05) is 51.5 Å². The largest absolute Gasteiger partial charge is 0.500 e. The van der Waals surface area contributed by atoms with Gasteiger partial charge in [-0.05, 0) is 52.4 Å². The first-order chi connectivity index (χ1) is 16.6.